The SMILES string of the molecule is CC(C)(C)NCCCCCCOC1CCCCCC1. The van der Waals surface area contributed by atoms with E-state index >= 15 is 0 Å². The quantitative estimate of drug-likeness (QED) is 0.510. The van der Waals surface area contributed by atoms with Crippen LogP contribution in [-0.4, -0.2) is 24.8 Å². The highest BCUT2D eigenvalue weighted by molar-refractivity contribution is 4.69. The van der Waals surface area contributed by atoms with Gasteiger partial charge in [0, 0.05) is 12.1 Å². The lowest BCUT2D eigenvalue weighted by atomic mass is 10.1. The van der Waals surface area contributed by atoms with Crippen molar-refractivity contribution in [3.05, 3.63) is 0 Å². The molecule has 0 aromatic heterocycles. The molecule has 1 fully saturated rings. The molecule has 2 nitrogen and oxygen atoms in total. The second-order valence-corrected chi connectivity index (χ2v) is 7.08. The molecule has 2 heteroatoms. The molecule has 0 radical (unpaired) electrons. The Morgan fingerprint density at radius 1 is 0.895 bits per heavy atom. The van der Waals surface area contributed by atoms with Gasteiger partial charge in [0.05, 0.1) is 6.10 Å². The van der Waals surface area contributed by atoms with Gasteiger partial charge >= 0.3 is 0 Å². The Kier molecular flexibility index (Phi) is 8.72. The first kappa shape index (κ1) is 17.0. The molecule has 1 N–H and O–H groups in total. The number of rotatable bonds is 8. The van der Waals surface area contributed by atoms with Gasteiger partial charge in [-0.2, -0.15) is 0 Å². The van der Waals surface area contributed by atoms with Gasteiger partial charge in [0.2, 0.25) is 0 Å². The van der Waals surface area contributed by atoms with Crippen molar-refractivity contribution >= 4 is 0 Å². The first-order valence-electron chi connectivity index (χ1n) is 8.44. The van der Waals surface area contributed by atoms with Crippen molar-refractivity contribution < 1.29 is 4.74 Å². The fourth-order valence-corrected chi connectivity index (χ4v) is 2.70. The van der Waals surface area contributed by atoms with E-state index in [-0.39, 0.29) is 5.54 Å². The van der Waals surface area contributed by atoms with E-state index in [1.807, 2.05) is 0 Å². The maximum Gasteiger partial charge on any atom is 0.0575 e. The van der Waals surface area contributed by atoms with E-state index in [4.69, 9.17) is 4.74 Å². The van der Waals surface area contributed by atoms with Crippen molar-refractivity contribution in [3.63, 3.8) is 0 Å². The fourth-order valence-electron chi connectivity index (χ4n) is 2.70. The van der Waals surface area contributed by atoms with Gasteiger partial charge in [-0.25, -0.2) is 0 Å². The summed E-state index contributed by atoms with van der Waals surface area (Å²) >= 11 is 0. The summed E-state index contributed by atoms with van der Waals surface area (Å²) in [5, 5.41) is 3.54. The van der Waals surface area contributed by atoms with Gasteiger partial charge in [0.25, 0.3) is 0 Å². The first-order valence-corrected chi connectivity index (χ1v) is 8.44. The molecule has 114 valence electrons. The average Bonchev–Trinajstić information content (AvgIpc) is 2.60. The molecular formula is C17H35NO. The van der Waals surface area contributed by atoms with Crippen LogP contribution in [0.5, 0.6) is 0 Å². The van der Waals surface area contributed by atoms with Crippen molar-refractivity contribution in [1.29, 1.82) is 0 Å². The summed E-state index contributed by atoms with van der Waals surface area (Å²) < 4.78 is 6.01. The highest BCUT2D eigenvalue weighted by Crippen LogP contribution is 2.20. The number of hydrogen-bond donors (Lipinski definition) is 1. The Balaban J connectivity index is 1.85. The topological polar surface area (TPSA) is 21.3 Å². The van der Waals surface area contributed by atoms with Gasteiger partial charge in [0.15, 0.2) is 0 Å². The molecule has 1 saturated carbocycles. The molecule has 1 rings (SSSR count). The third-order valence-electron chi connectivity index (χ3n) is 3.88. The Hall–Kier alpha value is -0.0800. The van der Waals surface area contributed by atoms with Gasteiger partial charge in [0.1, 0.15) is 0 Å². The van der Waals surface area contributed by atoms with E-state index in [2.05, 4.69) is 26.1 Å². The van der Waals surface area contributed by atoms with Crippen LogP contribution in [0.15, 0.2) is 0 Å². The normalized spacial score (nSPS) is 18.5. The predicted molar refractivity (Wildman–Crippen MR) is 83.7 cm³/mol. The van der Waals surface area contributed by atoms with Crippen LogP contribution < -0.4 is 5.32 Å². The number of unbranched alkanes of at least 4 members (excludes halogenated alkanes) is 3. The summed E-state index contributed by atoms with van der Waals surface area (Å²) in [4.78, 5) is 0. The average molecular weight is 269 g/mol. The zero-order valence-corrected chi connectivity index (χ0v) is 13.5. The van der Waals surface area contributed by atoms with Gasteiger partial charge in [-0.05, 0) is 53.0 Å². The largest absolute Gasteiger partial charge is 0.378 e. The Bertz CT molecular complexity index is 202. The smallest absolute Gasteiger partial charge is 0.0575 e. The zero-order valence-electron chi connectivity index (χ0n) is 13.5. The lowest BCUT2D eigenvalue weighted by molar-refractivity contribution is 0.0407. The van der Waals surface area contributed by atoms with Gasteiger partial charge in [-0.3, -0.25) is 0 Å². The molecule has 0 aromatic rings. The van der Waals surface area contributed by atoms with Gasteiger partial charge in [-0.15, -0.1) is 0 Å². The Morgan fingerprint density at radius 2 is 1.53 bits per heavy atom. The summed E-state index contributed by atoms with van der Waals surface area (Å²) in [5.41, 5.74) is 0.266. The lowest BCUT2D eigenvalue weighted by Crippen LogP contribution is -2.36. The summed E-state index contributed by atoms with van der Waals surface area (Å²) in [6, 6.07) is 0. The van der Waals surface area contributed by atoms with Crippen molar-refractivity contribution in [2.75, 3.05) is 13.2 Å². The van der Waals surface area contributed by atoms with E-state index in [1.54, 1.807) is 0 Å². The zero-order chi connectivity index (χ0) is 14.0. The third-order valence-corrected chi connectivity index (χ3v) is 3.88. The Morgan fingerprint density at radius 3 is 2.16 bits per heavy atom. The minimum absolute atomic E-state index is 0.266. The maximum absolute atomic E-state index is 6.01. The van der Waals surface area contributed by atoms with Gasteiger partial charge in [-0.1, -0.05) is 38.5 Å². The predicted octanol–water partition coefficient (Wildman–Crippen LogP) is 4.67. The van der Waals surface area contributed by atoms with Crippen LogP contribution in [0.3, 0.4) is 0 Å². The van der Waals surface area contributed by atoms with Crippen molar-refractivity contribution in [1.82, 2.24) is 5.32 Å². The number of nitrogens with one attached hydrogen (secondary N) is 1. The lowest BCUT2D eigenvalue weighted by Gasteiger charge is -2.20. The molecular weight excluding hydrogens is 234 g/mol. The first-order chi connectivity index (χ1) is 9.08. The Labute approximate surface area is 120 Å². The number of ether oxygens (including phenoxy) is 1. The molecule has 0 heterocycles. The molecule has 19 heavy (non-hydrogen) atoms. The fraction of sp³-hybridized carbons (Fsp3) is 1.00. The molecule has 0 saturated heterocycles. The van der Waals surface area contributed by atoms with E-state index in [9.17, 15) is 0 Å². The standard InChI is InChI=1S/C17H35NO/c1-17(2,3)18-14-10-6-7-11-15-19-16-12-8-4-5-9-13-16/h16,18H,4-15H2,1-3H3. The van der Waals surface area contributed by atoms with E-state index in [0.29, 0.717) is 6.10 Å². The molecule has 0 aromatic carbocycles. The minimum atomic E-state index is 0.266. The van der Waals surface area contributed by atoms with Crippen LogP contribution in [0.25, 0.3) is 0 Å². The van der Waals surface area contributed by atoms with Crippen molar-refractivity contribution in [3.8, 4) is 0 Å². The third kappa shape index (κ3) is 10.4. The van der Waals surface area contributed by atoms with Crippen LogP contribution in [0.1, 0.15) is 85.0 Å². The highest BCUT2D eigenvalue weighted by atomic mass is 16.5. The van der Waals surface area contributed by atoms with E-state index < -0.39 is 0 Å². The summed E-state index contributed by atoms with van der Waals surface area (Å²) in [7, 11) is 0. The van der Waals surface area contributed by atoms with E-state index in [1.165, 1.54) is 64.2 Å². The van der Waals surface area contributed by atoms with Crippen LogP contribution in [-0.2, 0) is 4.74 Å². The van der Waals surface area contributed by atoms with Crippen LogP contribution in [0.2, 0.25) is 0 Å². The van der Waals surface area contributed by atoms with Crippen LogP contribution in [0.4, 0.5) is 0 Å². The summed E-state index contributed by atoms with van der Waals surface area (Å²) in [6.45, 7) is 8.82. The molecule has 1 aliphatic carbocycles. The maximum atomic E-state index is 6.01. The van der Waals surface area contributed by atoms with Crippen molar-refractivity contribution in [2.45, 2.75) is 96.6 Å². The molecule has 0 bridgehead atoms. The molecule has 0 spiro atoms. The molecule has 0 aliphatic heterocycles. The molecule has 1 aliphatic rings. The summed E-state index contributed by atoms with van der Waals surface area (Å²) in [5.74, 6) is 0. The van der Waals surface area contributed by atoms with Crippen LogP contribution in [0, 0.1) is 0 Å². The molecule has 0 unspecified atom stereocenters. The molecule has 0 atom stereocenters. The minimum Gasteiger partial charge on any atom is -0.378 e. The monoisotopic (exact) mass is 269 g/mol. The van der Waals surface area contributed by atoms with Crippen molar-refractivity contribution in [2.24, 2.45) is 0 Å². The highest BCUT2D eigenvalue weighted by Gasteiger charge is 2.11. The number of hydrogen-bond acceptors (Lipinski definition) is 2. The second-order valence-electron chi connectivity index (χ2n) is 7.08. The van der Waals surface area contributed by atoms with E-state index in [0.717, 1.165) is 13.2 Å². The van der Waals surface area contributed by atoms with Crippen LogP contribution >= 0.6 is 0 Å². The molecule has 0 amide bonds. The van der Waals surface area contributed by atoms with Gasteiger partial charge < -0.3 is 10.1 Å². The second kappa shape index (κ2) is 9.77. The summed E-state index contributed by atoms with van der Waals surface area (Å²) in [6.07, 6.45) is 14.0.